The molecule has 0 bridgehead atoms. The summed E-state index contributed by atoms with van der Waals surface area (Å²) in [4.78, 5) is 6.50. The molecule has 1 fully saturated rings. The lowest BCUT2D eigenvalue weighted by molar-refractivity contribution is -0.137. The Morgan fingerprint density at radius 3 is 2.50 bits per heavy atom. The van der Waals surface area contributed by atoms with E-state index < -0.39 is 11.7 Å². The molecular formula is C19H21F3N4OS. The van der Waals surface area contributed by atoms with Gasteiger partial charge in [0.1, 0.15) is 0 Å². The number of hydrogen-bond acceptors (Lipinski definition) is 4. The van der Waals surface area contributed by atoms with Crippen LogP contribution in [0.4, 0.5) is 18.9 Å². The van der Waals surface area contributed by atoms with Crippen LogP contribution in [0.1, 0.15) is 17.2 Å². The zero-order chi connectivity index (χ0) is 20.0. The van der Waals surface area contributed by atoms with Gasteiger partial charge in [0.25, 0.3) is 0 Å². The summed E-state index contributed by atoms with van der Waals surface area (Å²) in [6, 6.07) is 8.73. The number of nitrogens with one attached hydrogen (secondary N) is 2. The second-order valence-electron chi connectivity index (χ2n) is 6.36. The van der Waals surface area contributed by atoms with Crippen molar-refractivity contribution < 1.29 is 17.9 Å². The Morgan fingerprint density at radius 2 is 1.89 bits per heavy atom. The minimum atomic E-state index is -4.35. The quantitative estimate of drug-likeness (QED) is 0.737. The van der Waals surface area contributed by atoms with E-state index in [2.05, 4.69) is 20.5 Å². The number of pyridine rings is 1. The minimum absolute atomic E-state index is 0.0601. The summed E-state index contributed by atoms with van der Waals surface area (Å²) < 4.78 is 43.4. The minimum Gasteiger partial charge on any atom is -0.379 e. The molecule has 150 valence electrons. The molecule has 1 aliphatic heterocycles. The summed E-state index contributed by atoms with van der Waals surface area (Å²) in [6.45, 7) is 3.49. The second kappa shape index (κ2) is 9.31. The molecule has 1 aliphatic rings. The topological polar surface area (TPSA) is 49.4 Å². The van der Waals surface area contributed by atoms with Crippen LogP contribution in [0.15, 0.2) is 48.8 Å². The van der Waals surface area contributed by atoms with Crippen LogP contribution in [0.3, 0.4) is 0 Å². The number of anilines is 1. The van der Waals surface area contributed by atoms with Gasteiger partial charge in [-0.15, -0.1) is 0 Å². The third-order valence-corrected chi connectivity index (χ3v) is 4.73. The van der Waals surface area contributed by atoms with E-state index >= 15 is 0 Å². The van der Waals surface area contributed by atoms with Gasteiger partial charge in [-0.25, -0.2) is 0 Å². The van der Waals surface area contributed by atoms with Crippen molar-refractivity contribution in [1.82, 2.24) is 15.2 Å². The Hall–Kier alpha value is -2.23. The van der Waals surface area contributed by atoms with Crippen LogP contribution in [0.5, 0.6) is 0 Å². The van der Waals surface area contributed by atoms with Gasteiger partial charge in [-0.05, 0) is 48.1 Å². The molecule has 9 heteroatoms. The maximum Gasteiger partial charge on any atom is 0.416 e. The average molecular weight is 410 g/mol. The van der Waals surface area contributed by atoms with Crippen LogP contribution >= 0.6 is 12.2 Å². The summed E-state index contributed by atoms with van der Waals surface area (Å²) in [7, 11) is 0. The third-order valence-electron chi connectivity index (χ3n) is 4.48. The summed E-state index contributed by atoms with van der Waals surface area (Å²) >= 11 is 5.31. The Balaban J connectivity index is 1.60. The number of morpholine rings is 1. The van der Waals surface area contributed by atoms with Crippen molar-refractivity contribution in [3.05, 3.63) is 59.9 Å². The molecule has 0 saturated carbocycles. The van der Waals surface area contributed by atoms with Gasteiger partial charge in [0.2, 0.25) is 0 Å². The van der Waals surface area contributed by atoms with Crippen molar-refractivity contribution in [2.24, 2.45) is 0 Å². The van der Waals surface area contributed by atoms with E-state index in [0.29, 0.717) is 30.6 Å². The molecule has 5 nitrogen and oxygen atoms in total. The van der Waals surface area contributed by atoms with E-state index in [4.69, 9.17) is 17.0 Å². The monoisotopic (exact) mass is 410 g/mol. The predicted molar refractivity (Wildman–Crippen MR) is 105 cm³/mol. The molecule has 0 radical (unpaired) electrons. The Bertz CT molecular complexity index is 765. The zero-order valence-electron chi connectivity index (χ0n) is 15.1. The van der Waals surface area contributed by atoms with Crippen molar-refractivity contribution in [3.8, 4) is 0 Å². The van der Waals surface area contributed by atoms with Gasteiger partial charge < -0.3 is 15.4 Å². The van der Waals surface area contributed by atoms with Crippen LogP contribution in [-0.2, 0) is 10.9 Å². The fourth-order valence-electron chi connectivity index (χ4n) is 3.03. The fraction of sp³-hybridized carbons (Fsp3) is 0.368. The van der Waals surface area contributed by atoms with Gasteiger partial charge in [-0.2, -0.15) is 13.2 Å². The maximum absolute atomic E-state index is 12.7. The molecule has 0 amide bonds. The zero-order valence-corrected chi connectivity index (χ0v) is 15.9. The molecule has 1 aromatic carbocycles. The first kappa shape index (κ1) is 20.5. The maximum atomic E-state index is 12.7. The van der Waals surface area contributed by atoms with E-state index in [1.54, 1.807) is 6.20 Å². The molecular weight excluding hydrogens is 389 g/mol. The molecule has 2 N–H and O–H groups in total. The van der Waals surface area contributed by atoms with E-state index in [-0.39, 0.29) is 6.04 Å². The van der Waals surface area contributed by atoms with Crippen molar-refractivity contribution >= 4 is 23.0 Å². The largest absolute Gasteiger partial charge is 0.416 e. The number of rotatable bonds is 5. The predicted octanol–water partition coefficient (Wildman–Crippen LogP) is 3.46. The van der Waals surface area contributed by atoms with E-state index in [0.717, 1.165) is 30.8 Å². The first-order valence-corrected chi connectivity index (χ1v) is 9.28. The fourth-order valence-corrected chi connectivity index (χ4v) is 3.23. The van der Waals surface area contributed by atoms with E-state index in [1.165, 1.54) is 12.1 Å². The lowest BCUT2D eigenvalue weighted by Gasteiger charge is -2.35. The number of thiocarbonyl (C=S) groups is 1. The first-order valence-electron chi connectivity index (χ1n) is 8.87. The smallest absolute Gasteiger partial charge is 0.379 e. The Morgan fingerprint density at radius 1 is 1.18 bits per heavy atom. The van der Waals surface area contributed by atoms with Crippen LogP contribution in [0, 0.1) is 0 Å². The molecule has 0 unspecified atom stereocenters. The van der Waals surface area contributed by atoms with Gasteiger partial charge in [0, 0.05) is 37.7 Å². The van der Waals surface area contributed by atoms with Crippen LogP contribution in [0.25, 0.3) is 0 Å². The van der Waals surface area contributed by atoms with Crippen LogP contribution < -0.4 is 10.6 Å². The highest BCUT2D eigenvalue weighted by molar-refractivity contribution is 7.80. The highest BCUT2D eigenvalue weighted by Crippen LogP contribution is 2.29. The molecule has 0 aliphatic carbocycles. The number of hydrogen-bond donors (Lipinski definition) is 2. The molecule has 1 aromatic heterocycles. The van der Waals surface area contributed by atoms with Gasteiger partial charge in [0.05, 0.1) is 24.8 Å². The molecule has 3 rings (SSSR count). The molecule has 1 atom stereocenters. The number of nitrogens with zero attached hydrogens (tertiary/aromatic N) is 2. The summed E-state index contributed by atoms with van der Waals surface area (Å²) in [6.07, 6.45) is -0.801. The number of halogens is 3. The number of ether oxygens (including phenoxy) is 1. The van der Waals surface area contributed by atoms with E-state index in [1.807, 2.05) is 18.3 Å². The van der Waals surface area contributed by atoms with Gasteiger partial charge in [0.15, 0.2) is 5.11 Å². The number of alkyl halides is 3. The number of aromatic nitrogens is 1. The Labute approximate surface area is 166 Å². The highest BCUT2D eigenvalue weighted by Gasteiger charge is 2.30. The molecule has 28 heavy (non-hydrogen) atoms. The van der Waals surface area contributed by atoms with Crippen LogP contribution in [0.2, 0.25) is 0 Å². The van der Waals surface area contributed by atoms with Gasteiger partial charge in [-0.3, -0.25) is 9.88 Å². The van der Waals surface area contributed by atoms with Gasteiger partial charge >= 0.3 is 6.18 Å². The first-order chi connectivity index (χ1) is 13.4. The van der Waals surface area contributed by atoms with Gasteiger partial charge in [-0.1, -0.05) is 6.07 Å². The number of benzene rings is 1. The van der Waals surface area contributed by atoms with Crippen molar-refractivity contribution in [2.45, 2.75) is 12.2 Å². The molecule has 1 saturated heterocycles. The molecule has 2 aromatic rings. The lowest BCUT2D eigenvalue weighted by Crippen LogP contribution is -2.44. The average Bonchev–Trinajstić information content (AvgIpc) is 2.69. The molecule has 0 spiro atoms. The van der Waals surface area contributed by atoms with Crippen LogP contribution in [-0.4, -0.2) is 47.8 Å². The van der Waals surface area contributed by atoms with Crippen molar-refractivity contribution in [1.29, 1.82) is 0 Å². The normalized spacial score (nSPS) is 16.4. The summed E-state index contributed by atoms with van der Waals surface area (Å²) in [5.74, 6) is 0. The standard InChI is InChI=1S/C19H21F3N4OS/c20-19(21,22)15-3-5-16(6-4-15)25-18(28)24-13-17(14-2-1-7-23-12-14)26-8-10-27-11-9-26/h1-7,12,17H,8-11,13H2,(H2,24,25,28)/t17-/m0/s1. The third kappa shape index (κ3) is 5.63. The summed E-state index contributed by atoms with van der Waals surface area (Å²) in [5.41, 5.74) is 0.866. The second-order valence-corrected chi connectivity index (χ2v) is 6.77. The highest BCUT2D eigenvalue weighted by atomic mass is 32.1. The van der Waals surface area contributed by atoms with Crippen molar-refractivity contribution in [3.63, 3.8) is 0 Å². The lowest BCUT2D eigenvalue weighted by atomic mass is 10.1. The Kier molecular flexibility index (Phi) is 6.82. The SMILES string of the molecule is FC(F)(F)c1ccc(NC(=S)NC[C@@H](c2cccnc2)N2CCOCC2)cc1. The summed E-state index contributed by atoms with van der Waals surface area (Å²) in [5, 5.41) is 6.43. The molecule has 2 heterocycles. The van der Waals surface area contributed by atoms with E-state index in [9.17, 15) is 13.2 Å². The van der Waals surface area contributed by atoms with Crippen molar-refractivity contribution in [2.75, 3.05) is 38.2 Å².